The highest BCUT2D eigenvalue weighted by Gasteiger charge is 2.36. The number of halogens is 4. The van der Waals surface area contributed by atoms with Crippen LogP contribution in [0.4, 0.5) is 17.6 Å². The summed E-state index contributed by atoms with van der Waals surface area (Å²) in [4.78, 5) is 0. The molecule has 2 aromatic rings. The fourth-order valence-corrected chi connectivity index (χ4v) is 3.27. The zero-order valence-electron chi connectivity index (χ0n) is 16.9. The van der Waals surface area contributed by atoms with E-state index in [-0.39, 0.29) is 18.5 Å². The largest absolute Gasteiger partial charge is 0.491 e. The lowest BCUT2D eigenvalue weighted by Crippen LogP contribution is -2.23. The molecule has 0 saturated heterocycles. The van der Waals surface area contributed by atoms with Crippen LogP contribution in [0.5, 0.6) is 11.5 Å². The van der Waals surface area contributed by atoms with E-state index < -0.39 is 29.1 Å². The molecule has 3 rings (SSSR count). The maximum Gasteiger partial charge on any atom is 0.426 e. The zero-order valence-corrected chi connectivity index (χ0v) is 16.9. The Morgan fingerprint density at radius 3 is 2.27 bits per heavy atom. The normalized spacial score (nSPS) is 16.9. The second-order valence-electron chi connectivity index (χ2n) is 7.01. The van der Waals surface area contributed by atoms with Crippen molar-refractivity contribution >= 4 is 5.57 Å². The molecule has 1 atom stereocenters. The summed E-state index contributed by atoms with van der Waals surface area (Å²) in [6.07, 6.45) is 1.21. The van der Waals surface area contributed by atoms with Gasteiger partial charge in [0.25, 0.3) is 0 Å². The fraction of sp³-hybridized carbons (Fsp3) is 0.391. The van der Waals surface area contributed by atoms with Gasteiger partial charge in [-0.15, -0.1) is 0 Å². The van der Waals surface area contributed by atoms with Gasteiger partial charge in [-0.05, 0) is 55.2 Å². The van der Waals surface area contributed by atoms with Crippen LogP contribution >= 0.6 is 0 Å². The van der Waals surface area contributed by atoms with E-state index in [9.17, 15) is 17.6 Å². The quantitative estimate of drug-likeness (QED) is 0.455. The lowest BCUT2D eigenvalue weighted by Gasteiger charge is -2.23. The molecule has 1 heterocycles. The van der Waals surface area contributed by atoms with Crippen LogP contribution in [-0.4, -0.2) is 19.3 Å². The Hall–Kier alpha value is -2.54. The molecule has 0 aromatic heterocycles. The van der Waals surface area contributed by atoms with E-state index in [4.69, 9.17) is 9.47 Å². The molecule has 1 unspecified atom stereocenters. The highest BCUT2D eigenvalue weighted by molar-refractivity contribution is 5.67. The number of benzene rings is 2. The van der Waals surface area contributed by atoms with Crippen molar-refractivity contribution in [1.29, 1.82) is 0 Å². The van der Waals surface area contributed by atoms with Gasteiger partial charge >= 0.3 is 6.11 Å². The van der Waals surface area contributed by atoms with Crippen molar-refractivity contribution in [3.63, 3.8) is 0 Å². The second kappa shape index (κ2) is 9.51. The standard InChI is InChI=1S/C23H24F4O3/c1-3-5-18-11-8-16(14-29-18)15-6-9-17(10-7-15)23(26,27)30-20-13-12-19(28-4-2)21(24)22(20)25/h6-10,12-13,18H,3-5,11,14H2,1-2H3. The molecule has 7 heteroatoms. The third-order valence-corrected chi connectivity index (χ3v) is 4.85. The van der Waals surface area contributed by atoms with E-state index in [0.717, 1.165) is 42.5 Å². The predicted octanol–water partition coefficient (Wildman–Crippen LogP) is 6.46. The van der Waals surface area contributed by atoms with E-state index in [1.807, 2.05) is 0 Å². The molecular formula is C23H24F4O3. The molecule has 3 nitrogen and oxygen atoms in total. The Balaban J connectivity index is 1.73. The molecule has 0 fully saturated rings. The van der Waals surface area contributed by atoms with Crippen LogP contribution < -0.4 is 9.47 Å². The van der Waals surface area contributed by atoms with Gasteiger partial charge in [-0.2, -0.15) is 17.6 Å². The zero-order chi connectivity index (χ0) is 21.7. The van der Waals surface area contributed by atoms with Crippen molar-refractivity contribution in [2.75, 3.05) is 13.2 Å². The second-order valence-corrected chi connectivity index (χ2v) is 7.01. The lowest BCUT2D eigenvalue weighted by atomic mass is 9.99. The maximum absolute atomic E-state index is 14.5. The molecule has 1 aliphatic rings. The average molecular weight is 424 g/mol. The molecular weight excluding hydrogens is 400 g/mol. The van der Waals surface area contributed by atoms with E-state index in [2.05, 4.69) is 17.7 Å². The highest BCUT2D eigenvalue weighted by Crippen LogP contribution is 2.36. The van der Waals surface area contributed by atoms with Crippen molar-refractivity contribution < 1.29 is 31.8 Å². The highest BCUT2D eigenvalue weighted by atomic mass is 19.3. The minimum atomic E-state index is -3.84. The fourth-order valence-electron chi connectivity index (χ4n) is 3.27. The van der Waals surface area contributed by atoms with Crippen LogP contribution in [0.2, 0.25) is 0 Å². The summed E-state index contributed by atoms with van der Waals surface area (Å²) in [7, 11) is 0. The van der Waals surface area contributed by atoms with E-state index in [1.54, 1.807) is 6.92 Å². The molecule has 2 aromatic carbocycles. The summed E-state index contributed by atoms with van der Waals surface area (Å²) in [6.45, 7) is 4.23. The van der Waals surface area contributed by atoms with Crippen LogP contribution in [0.25, 0.3) is 5.57 Å². The van der Waals surface area contributed by atoms with Gasteiger partial charge in [0.1, 0.15) is 0 Å². The predicted molar refractivity (Wildman–Crippen MR) is 106 cm³/mol. The summed E-state index contributed by atoms with van der Waals surface area (Å²) in [5, 5.41) is 0. The minimum absolute atomic E-state index is 0.111. The van der Waals surface area contributed by atoms with Crippen molar-refractivity contribution in [2.24, 2.45) is 0 Å². The van der Waals surface area contributed by atoms with Crippen LogP contribution in [0.1, 0.15) is 44.2 Å². The number of rotatable bonds is 8. The van der Waals surface area contributed by atoms with Gasteiger partial charge in [-0.25, -0.2) is 0 Å². The summed E-state index contributed by atoms with van der Waals surface area (Å²) in [5.41, 5.74) is 1.22. The number of hydrogen-bond donors (Lipinski definition) is 0. The lowest BCUT2D eigenvalue weighted by molar-refractivity contribution is -0.187. The summed E-state index contributed by atoms with van der Waals surface area (Å²) < 4.78 is 72.3. The molecule has 30 heavy (non-hydrogen) atoms. The third-order valence-electron chi connectivity index (χ3n) is 4.85. The first-order valence-corrected chi connectivity index (χ1v) is 9.94. The Morgan fingerprint density at radius 2 is 1.67 bits per heavy atom. The number of alkyl halides is 2. The van der Waals surface area contributed by atoms with Crippen LogP contribution in [-0.2, 0) is 10.8 Å². The Bertz CT molecular complexity index is 894. The van der Waals surface area contributed by atoms with E-state index in [1.165, 1.54) is 24.3 Å². The SMILES string of the molecule is CCCC1CC=C(c2ccc(C(F)(F)Oc3ccc(OCC)c(F)c3F)cc2)CO1. The molecule has 0 radical (unpaired) electrons. The van der Waals surface area contributed by atoms with Gasteiger partial charge in [-0.1, -0.05) is 31.6 Å². The number of hydrogen-bond acceptors (Lipinski definition) is 3. The van der Waals surface area contributed by atoms with Crippen molar-refractivity contribution in [3.05, 3.63) is 65.2 Å². The molecule has 162 valence electrons. The molecule has 0 N–H and O–H groups in total. The first-order chi connectivity index (χ1) is 14.4. The first kappa shape index (κ1) is 22.2. The first-order valence-electron chi connectivity index (χ1n) is 9.94. The van der Waals surface area contributed by atoms with Gasteiger partial charge in [0.05, 0.1) is 24.9 Å². The van der Waals surface area contributed by atoms with Gasteiger partial charge in [-0.3, -0.25) is 0 Å². The van der Waals surface area contributed by atoms with Crippen molar-refractivity contribution in [2.45, 2.75) is 45.3 Å². The van der Waals surface area contributed by atoms with Crippen LogP contribution in [0.3, 0.4) is 0 Å². The maximum atomic E-state index is 14.5. The number of ether oxygens (including phenoxy) is 3. The van der Waals surface area contributed by atoms with E-state index >= 15 is 0 Å². The molecule has 0 aliphatic carbocycles. The smallest absolute Gasteiger partial charge is 0.426 e. The van der Waals surface area contributed by atoms with Crippen LogP contribution in [0, 0.1) is 11.6 Å². The van der Waals surface area contributed by atoms with Crippen molar-refractivity contribution in [3.8, 4) is 11.5 Å². The molecule has 0 saturated carbocycles. The average Bonchev–Trinajstić information content (AvgIpc) is 2.74. The van der Waals surface area contributed by atoms with Crippen molar-refractivity contribution in [1.82, 2.24) is 0 Å². The molecule has 0 amide bonds. The Kier molecular flexibility index (Phi) is 7.02. The minimum Gasteiger partial charge on any atom is -0.491 e. The van der Waals surface area contributed by atoms with E-state index in [0.29, 0.717) is 6.61 Å². The van der Waals surface area contributed by atoms with Gasteiger partial charge in [0.15, 0.2) is 11.5 Å². The Labute approximate surface area is 173 Å². The van der Waals surface area contributed by atoms with Gasteiger partial charge < -0.3 is 14.2 Å². The van der Waals surface area contributed by atoms with Gasteiger partial charge in [0.2, 0.25) is 11.6 Å². The monoisotopic (exact) mass is 424 g/mol. The molecule has 0 spiro atoms. The summed E-state index contributed by atoms with van der Waals surface area (Å²) in [6, 6.07) is 7.46. The molecule has 1 aliphatic heterocycles. The molecule has 0 bridgehead atoms. The van der Waals surface area contributed by atoms with Gasteiger partial charge in [0, 0.05) is 0 Å². The Morgan fingerprint density at radius 1 is 1.00 bits per heavy atom. The topological polar surface area (TPSA) is 27.7 Å². The third kappa shape index (κ3) is 4.95. The summed E-state index contributed by atoms with van der Waals surface area (Å²) >= 11 is 0. The summed E-state index contributed by atoms with van der Waals surface area (Å²) in [5.74, 6) is -4.15. The van der Waals surface area contributed by atoms with Crippen LogP contribution in [0.15, 0.2) is 42.5 Å².